The van der Waals surface area contributed by atoms with E-state index in [0.29, 0.717) is 28.2 Å². The van der Waals surface area contributed by atoms with Gasteiger partial charge in [0.1, 0.15) is 11.8 Å². The molecule has 1 atom stereocenters. The van der Waals surface area contributed by atoms with Crippen LogP contribution in [0.5, 0.6) is 5.75 Å². The van der Waals surface area contributed by atoms with Gasteiger partial charge in [-0.25, -0.2) is 4.98 Å². The summed E-state index contributed by atoms with van der Waals surface area (Å²) in [4.78, 5) is 30.6. The quantitative estimate of drug-likeness (QED) is 0.932. The Hall–Kier alpha value is -2.63. The summed E-state index contributed by atoms with van der Waals surface area (Å²) >= 11 is 0. The molecular formula is C19H23N3O3. The first-order valence-corrected chi connectivity index (χ1v) is 8.50. The summed E-state index contributed by atoms with van der Waals surface area (Å²) in [5, 5.41) is 3.42. The molecule has 1 aliphatic rings. The second kappa shape index (κ2) is 6.35. The van der Waals surface area contributed by atoms with Gasteiger partial charge in [0.2, 0.25) is 5.91 Å². The normalized spacial score (nSPS) is 19.0. The van der Waals surface area contributed by atoms with Crippen LogP contribution >= 0.6 is 0 Å². The lowest BCUT2D eigenvalue weighted by Crippen LogP contribution is -2.46. The third-order valence-corrected chi connectivity index (χ3v) is 4.71. The van der Waals surface area contributed by atoms with Crippen molar-refractivity contribution in [3.8, 4) is 5.75 Å². The fourth-order valence-electron chi connectivity index (χ4n) is 3.18. The number of carbonyl (C=O) groups is 1. The molecule has 0 bridgehead atoms. The highest BCUT2D eigenvalue weighted by Crippen LogP contribution is 2.30. The zero-order valence-electron chi connectivity index (χ0n) is 15.2. The summed E-state index contributed by atoms with van der Waals surface area (Å²) in [7, 11) is 1.56. The van der Waals surface area contributed by atoms with Crippen LogP contribution in [0.15, 0.2) is 28.6 Å². The molecule has 25 heavy (non-hydrogen) atoms. The number of hydrogen-bond acceptors (Lipinski definition) is 4. The molecule has 0 spiro atoms. The van der Waals surface area contributed by atoms with Crippen molar-refractivity contribution in [2.24, 2.45) is 5.92 Å². The molecule has 2 aromatic rings. The van der Waals surface area contributed by atoms with Crippen molar-refractivity contribution in [3.05, 3.63) is 40.0 Å². The Balaban J connectivity index is 2.43. The molecule has 1 aliphatic heterocycles. The maximum absolute atomic E-state index is 13.2. The molecule has 0 radical (unpaired) electrons. The van der Waals surface area contributed by atoms with Crippen LogP contribution in [0.2, 0.25) is 0 Å². The molecule has 0 fully saturated rings. The number of aromatic nitrogens is 2. The minimum atomic E-state index is -0.584. The van der Waals surface area contributed by atoms with Crippen molar-refractivity contribution in [2.45, 2.75) is 40.2 Å². The van der Waals surface area contributed by atoms with Gasteiger partial charge in [-0.05, 0) is 43.0 Å². The molecule has 0 saturated heterocycles. The predicted octanol–water partition coefficient (Wildman–Crippen LogP) is 2.87. The number of fused-ring (bicyclic) bond motifs is 2. The average Bonchev–Trinajstić information content (AvgIpc) is 2.60. The highest BCUT2D eigenvalue weighted by Gasteiger charge is 2.35. The first-order valence-electron chi connectivity index (χ1n) is 8.50. The number of rotatable bonds is 3. The third-order valence-electron chi connectivity index (χ3n) is 4.71. The molecular weight excluding hydrogens is 318 g/mol. The standard InChI is InChI=1S/C19H23N3O3/c1-6-11(4)15-17-20-14-8-7-12(25-5)9-13(14)19(24)22(17)16(10(2)3)18(23)21-15/h7-10,16H,6H2,1-5H3,(H,21,23)/b15-11+/t16-/m0/s1. The number of benzene rings is 1. The van der Waals surface area contributed by atoms with E-state index in [-0.39, 0.29) is 17.4 Å². The molecule has 6 heteroatoms. The maximum atomic E-state index is 13.2. The second-order valence-corrected chi connectivity index (χ2v) is 6.68. The number of amides is 1. The van der Waals surface area contributed by atoms with Crippen LogP contribution in [-0.2, 0) is 4.79 Å². The third kappa shape index (κ3) is 2.71. The van der Waals surface area contributed by atoms with Crippen LogP contribution in [-0.4, -0.2) is 22.6 Å². The number of ether oxygens (including phenoxy) is 1. The summed E-state index contributed by atoms with van der Waals surface area (Å²) in [6.07, 6.45) is 0.762. The van der Waals surface area contributed by atoms with Gasteiger partial charge in [0, 0.05) is 0 Å². The smallest absolute Gasteiger partial charge is 0.262 e. The topological polar surface area (TPSA) is 73.2 Å². The highest BCUT2D eigenvalue weighted by molar-refractivity contribution is 5.93. The van der Waals surface area contributed by atoms with E-state index in [4.69, 9.17) is 9.72 Å². The van der Waals surface area contributed by atoms with E-state index < -0.39 is 6.04 Å². The van der Waals surface area contributed by atoms with Gasteiger partial charge in [-0.15, -0.1) is 0 Å². The molecule has 132 valence electrons. The summed E-state index contributed by atoms with van der Waals surface area (Å²) in [5.41, 5.74) is 2.01. The van der Waals surface area contributed by atoms with Crippen molar-refractivity contribution < 1.29 is 9.53 Å². The van der Waals surface area contributed by atoms with Crippen molar-refractivity contribution in [2.75, 3.05) is 7.11 Å². The van der Waals surface area contributed by atoms with Gasteiger partial charge < -0.3 is 10.1 Å². The van der Waals surface area contributed by atoms with Gasteiger partial charge in [-0.3, -0.25) is 14.2 Å². The second-order valence-electron chi connectivity index (χ2n) is 6.68. The van der Waals surface area contributed by atoms with Gasteiger partial charge in [-0.2, -0.15) is 0 Å². The molecule has 6 nitrogen and oxygen atoms in total. The van der Waals surface area contributed by atoms with Crippen molar-refractivity contribution in [3.63, 3.8) is 0 Å². The number of nitrogens with zero attached hydrogens (tertiary/aromatic N) is 2. The lowest BCUT2D eigenvalue weighted by atomic mass is 9.98. The van der Waals surface area contributed by atoms with Crippen molar-refractivity contribution in [1.82, 2.24) is 14.9 Å². The van der Waals surface area contributed by atoms with Crippen molar-refractivity contribution >= 4 is 22.5 Å². The Morgan fingerprint density at radius 2 is 2.08 bits per heavy atom. The van der Waals surface area contributed by atoms with Crippen LogP contribution in [0.3, 0.4) is 0 Å². The van der Waals surface area contributed by atoms with Crippen LogP contribution < -0.4 is 15.6 Å². The van der Waals surface area contributed by atoms with Crippen molar-refractivity contribution in [1.29, 1.82) is 0 Å². The number of carbonyl (C=O) groups excluding carboxylic acids is 1. The van der Waals surface area contributed by atoms with Gasteiger partial charge in [0.15, 0.2) is 5.82 Å². The molecule has 1 amide bonds. The molecule has 0 saturated carbocycles. The summed E-state index contributed by atoms with van der Waals surface area (Å²) in [5.74, 6) is 0.912. The number of methoxy groups -OCH3 is 1. The van der Waals surface area contributed by atoms with Crippen LogP contribution in [0.1, 0.15) is 46.0 Å². The van der Waals surface area contributed by atoms with Crippen LogP contribution in [0.4, 0.5) is 0 Å². The van der Waals surface area contributed by atoms with E-state index >= 15 is 0 Å². The van der Waals surface area contributed by atoms with E-state index in [9.17, 15) is 9.59 Å². The fourth-order valence-corrected chi connectivity index (χ4v) is 3.18. The number of nitrogens with one attached hydrogen (secondary N) is 1. The molecule has 1 aromatic heterocycles. The predicted molar refractivity (Wildman–Crippen MR) is 97.5 cm³/mol. The average molecular weight is 341 g/mol. The zero-order valence-corrected chi connectivity index (χ0v) is 15.2. The molecule has 0 aliphatic carbocycles. The lowest BCUT2D eigenvalue weighted by molar-refractivity contribution is -0.125. The number of hydrogen-bond donors (Lipinski definition) is 1. The Morgan fingerprint density at radius 1 is 1.36 bits per heavy atom. The largest absolute Gasteiger partial charge is 0.497 e. The minimum absolute atomic E-state index is 0.0372. The Morgan fingerprint density at radius 3 is 2.68 bits per heavy atom. The monoisotopic (exact) mass is 341 g/mol. The SMILES string of the molecule is CC/C(C)=C1/NC(=O)[C@H](C(C)C)n2c1nc1ccc(OC)cc1c2=O. The highest BCUT2D eigenvalue weighted by atomic mass is 16.5. The van der Waals surface area contributed by atoms with E-state index in [1.54, 1.807) is 29.9 Å². The maximum Gasteiger partial charge on any atom is 0.262 e. The molecule has 2 heterocycles. The van der Waals surface area contributed by atoms with E-state index in [1.807, 2.05) is 27.7 Å². The minimum Gasteiger partial charge on any atom is -0.497 e. The summed E-state index contributed by atoms with van der Waals surface area (Å²) in [6.45, 7) is 7.81. The molecule has 1 N–H and O–H groups in total. The Bertz CT molecular complexity index is 941. The van der Waals surface area contributed by atoms with Gasteiger partial charge in [0.25, 0.3) is 5.56 Å². The van der Waals surface area contributed by atoms with E-state index in [0.717, 1.165) is 12.0 Å². The first kappa shape index (κ1) is 17.2. The Kier molecular flexibility index (Phi) is 4.37. The molecule has 0 unspecified atom stereocenters. The van der Waals surface area contributed by atoms with E-state index in [1.165, 1.54) is 0 Å². The zero-order chi connectivity index (χ0) is 18.3. The fraction of sp³-hybridized carbons (Fsp3) is 0.421. The lowest BCUT2D eigenvalue weighted by Gasteiger charge is -2.32. The number of allylic oxidation sites excluding steroid dienone is 1. The summed E-state index contributed by atoms with van der Waals surface area (Å²) in [6, 6.07) is 4.65. The summed E-state index contributed by atoms with van der Waals surface area (Å²) < 4.78 is 6.77. The van der Waals surface area contributed by atoms with E-state index in [2.05, 4.69) is 5.32 Å². The molecule has 3 rings (SSSR count). The first-order chi connectivity index (χ1) is 11.9. The van der Waals surface area contributed by atoms with Gasteiger partial charge in [-0.1, -0.05) is 20.8 Å². The Labute approximate surface area is 146 Å². The molecule has 1 aromatic carbocycles. The van der Waals surface area contributed by atoms with Gasteiger partial charge >= 0.3 is 0 Å². The van der Waals surface area contributed by atoms with Gasteiger partial charge in [0.05, 0.1) is 23.7 Å². The van der Waals surface area contributed by atoms with Crippen LogP contribution in [0, 0.1) is 5.92 Å². The van der Waals surface area contributed by atoms with Crippen LogP contribution in [0.25, 0.3) is 16.6 Å².